The molecular formula is C12H23NO2. The molecule has 1 saturated heterocycles. The lowest BCUT2D eigenvalue weighted by Crippen LogP contribution is -2.43. The molecule has 3 nitrogen and oxygen atoms in total. The van der Waals surface area contributed by atoms with Crippen molar-refractivity contribution in [2.75, 3.05) is 13.1 Å². The Bertz CT molecular complexity index is 204. The third kappa shape index (κ3) is 4.20. The van der Waals surface area contributed by atoms with Crippen molar-refractivity contribution in [3.8, 4) is 0 Å². The summed E-state index contributed by atoms with van der Waals surface area (Å²) in [5.41, 5.74) is 0. The third-order valence-corrected chi connectivity index (χ3v) is 3.27. The molecule has 0 spiro atoms. The molecule has 0 radical (unpaired) electrons. The van der Waals surface area contributed by atoms with Gasteiger partial charge in [-0.25, -0.2) is 0 Å². The molecule has 0 aromatic carbocycles. The van der Waals surface area contributed by atoms with Gasteiger partial charge in [0.05, 0.1) is 0 Å². The standard InChI is InChI=1S/C12H23NO2/c1-10(2)11-6-3-4-8-13(11)9-5-7-12(14)15/h10-11H,3-9H2,1-2H3,(H,14,15). The van der Waals surface area contributed by atoms with Crippen LogP contribution in [0.2, 0.25) is 0 Å². The molecule has 1 aliphatic heterocycles. The first-order valence-corrected chi connectivity index (χ1v) is 6.07. The molecule has 1 atom stereocenters. The minimum atomic E-state index is -0.673. The lowest BCUT2D eigenvalue weighted by molar-refractivity contribution is -0.137. The van der Waals surface area contributed by atoms with Gasteiger partial charge in [0.1, 0.15) is 0 Å². The van der Waals surface area contributed by atoms with E-state index in [1.807, 2.05) is 0 Å². The van der Waals surface area contributed by atoms with Gasteiger partial charge in [-0.3, -0.25) is 4.79 Å². The van der Waals surface area contributed by atoms with E-state index in [9.17, 15) is 4.79 Å². The quantitative estimate of drug-likeness (QED) is 0.762. The Morgan fingerprint density at radius 1 is 1.47 bits per heavy atom. The van der Waals surface area contributed by atoms with Gasteiger partial charge in [-0.2, -0.15) is 0 Å². The Labute approximate surface area is 92.5 Å². The summed E-state index contributed by atoms with van der Waals surface area (Å²) in [7, 11) is 0. The maximum atomic E-state index is 10.4. The lowest BCUT2D eigenvalue weighted by atomic mass is 9.92. The maximum absolute atomic E-state index is 10.4. The van der Waals surface area contributed by atoms with Crippen LogP contribution in [0.5, 0.6) is 0 Å². The van der Waals surface area contributed by atoms with Crippen molar-refractivity contribution in [1.29, 1.82) is 0 Å². The van der Waals surface area contributed by atoms with Crippen LogP contribution in [0.1, 0.15) is 46.0 Å². The Balaban J connectivity index is 2.32. The van der Waals surface area contributed by atoms with Crippen LogP contribution >= 0.6 is 0 Å². The molecule has 1 fully saturated rings. The summed E-state index contributed by atoms with van der Waals surface area (Å²) in [5, 5.41) is 8.60. The molecule has 0 aromatic rings. The average molecular weight is 213 g/mol. The van der Waals surface area contributed by atoms with Crippen LogP contribution in [0, 0.1) is 5.92 Å². The molecule has 3 heteroatoms. The molecule has 1 unspecified atom stereocenters. The molecule has 0 saturated carbocycles. The van der Waals surface area contributed by atoms with Gasteiger partial charge in [0.25, 0.3) is 0 Å². The summed E-state index contributed by atoms with van der Waals surface area (Å²) in [6, 6.07) is 0.674. The van der Waals surface area contributed by atoms with Crippen molar-refractivity contribution in [3.05, 3.63) is 0 Å². The molecule has 1 heterocycles. The number of likely N-dealkylation sites (tertiary alicyclic amines) is 1. The topological polar surface area (TPSA) is 40.5 Å². The highest BCUT2D eigenvalue weighted by Gasteiger charge is 2.24. The fraction of sp³-hybridized carbons (Fsp3) is 0.917. The van der Waals surface area contributed by atoms with Gasteiger partial charge < -0.3 is 10.0 Å². The normalized spacial score (nSPS) is 23.3. The van der Waals surface area contributed by atoms with E-state index in [4.69, 9.17) is 5.11 Å². The van der Waals surface area contributed by atoms with Crippen LogP contribution in [0.25, 0.3) is 0 Å². The number of carbonyl (C=O) groups is 1. The van der Waals surface area contributed by atoms with Crippen molar-refractivity contribution in [2.45, 2.75) is 52.0 Å². The van der Waals surface area contributed by atoms with E-state index >= 15 is 0 Å². The van der Waals surface area contributed by atoms with Crippen LogP contribution < -0.4 is 0 Å². The van der Waals surface area contributed by atoms with Crippen LogP contribution in [-0.2, 0) is 4.79 Å². The summed E-state index contributed by atoms with van der Waals surface area (Å²) >= 11 is 0. The molecule has 0 bridgehead atoms. The zero-order valence-corrected chi connectivity index (χ0v) is 9.91. The smallest absolute Gasteiger partial charge is 0.303 e. The minimum Gasteiger partial charge on any atom is -0.481 e. The summed E-state index contributed by atoms with van der Waals surface area (Å²) < 4.78 is 0. The first kappa shape index (κ1) is 12.5. The number of hydrogen-bond acceptors (Lipinski definition) is 2. The minimum absolute atomic E-state index is 0.307. The van der Waals surface area contributed by atoms with E-state index in [1.54, 1.807) is 0 Å². The molecule has 0 aliphatic carbocycles. The average Bonchev–Trinajstić information content (AvgIpc) is 2.17. The van der Waals surface area contributed by atoms with E-state index in [1.165, 1.54) is 19.3 Å². The van der Waals surface area contributed by atoms with Crippen molar-refractivity contribution in [2.24, 2.45) is 5.92 Å². The second-order valence-electron chi connectivity index (χ2n) is 4.84. The first-order valence-electron chi connectivity index (χ1n) is 6.07. The lowest BCUT2D eigenvalue weighted by Gasteiger charge is -2.38. The van der Waals surface area contributed by atoms with E-state index in [-0.39, 0.29) is 0 Å². The predicted octanol–water partition coefficient (Wildman–Crippen LogP) is 2.36. The number of hydrogen-bond donors (Lipinski definition) is 1. The fourth-order valence-corrected chi connectivity index (χ4v) is 2.48. The van der Waals surface area contributed by atoms with Gasteiger partial charge >= 0.3 is 5.97 Å². The van der Waals surface area contributed by atoms with Crippen LogP contribution in [0.15, 0.2) is 0 Å². The van der Waals surface area contributed by atoms with Gasteiger partial charge in [-0.15, -0.1) is 0 Å². The first-order chi connectivity index (χ1) is 7.11. The number of carboxylic acid groups (broad SMARTS) is 1. The highest BCUT2D eigenvalue weighted by molar-refractivity contribution is 5.66. The van der Waals surface area contributed by atoms with Crippen molar-refractivity contribution < 1.29 is 9.90 Å². The summed E-state index contributed by atoms with van der Waals surface area (Å²) in [6.07, 6.45) is 4.99. The Hall–Kier alpha value is -0.570. The molecule has 0 aromatic heterocycles. The molecule has 15 heavy (non-hydrogen) atoms. The molecular weight excluding hydrogens is 190 g/mol. The van der Waals surface area contributed by atoms with E-state index in [0.29, 0.717) is 18.4 Å². The molecule has 88 valence electrons. The number of piperidine rings is 1. The van der Waals surface area contributed by atoms with Crippen molar-refractivity contribution in [3.63, 3.8) is 0 Å². The fourth-order valence-electron chi connectivity index (χ4n) is 2.48. The second-order valence-corrected chi connectivity index (χ2v) is 4.84. The number of nitrogens with zero attached hydrogens (tertiary/aromatic N) is 1. The second kappa shape index (κ2) is 6.11. The Morgan fingerprint density at radius 2 is 2.20 bits per heavy atom. The van der Waals surface area contributed by atoms with Gasteiger partial charge in [-0.05, 0) is 38.3 Å². The molecule has 0 amide bonds. The van der Waals surface area contributed by atoms with Crippen molar-refractivity contribution in [1.82, 2.24) is 4.90 Å². The van der Waals surface area contributed by atoms with Crippen LogP contribution in [0.4, 0.5) is 0 Å². The van der Waals surface area contributed by atoms with Gasteiger partial charge in [0.2, 0.25) is 0 Å². The van der Waals surface area contributed by atoms with Crippen LogP contribution in [-0.4, -0.2) is 35.1 Å². The third-order valence-electron chi connectivity index (χ3n) is 3.27. The molecule has 1 aliphatic rings. The van der Waals surface area contributed by atoms with Gasteiger partial charge in [-0.1, -0.05) is 20.3 Å². The maximum Gasteiger partial charge on any atom is 0.303 e. The monoisotopic (exact) mass is 213 g/mol. The number of rotatable bonds is 5. The zero-order valence-electron chi connectivity index (χ0n) is 9.91. The van der Waals surface area contributed by atoms with E-state index in [0.717, 1.165) is 19.5 Å². The largest absolute Gasteiger partial charge is 0.481 e. The zero-order chi connectivity index (χ0) is 11.3. The molecule has 1 N–H and O–H groups in total. The summed E-state index contributed by atoms with van der Waals surface area (Å²) in [5.74, 6) is 0.0169. The van der Waals surface area contributed by atoms with Gasteiger partial charge in [0.15, 0.2) is 0 Å². The summed E-state index contributed by atoms with van der Waals surface area (Å²) in [6.45, 7) is 6.64. The Morgan fingerprint density at radius 3 is 2.80 bits per heavy atom. The SMILES string of the molecule is CC(C)C1CCCCN1CCCC(=O)O. The Kier molecular flexibility index (Phi) is 5.09. The van der Waals surface area contributed by atoms with Crippen molar-refractivity contribution >= 4 is 5.97 Å². The number of aliphatic carboxylic acids is 1. The summed E-state index contributed by atoms with van der Waals surface area (Å²) in [4.78, 5) is 12.9. The van der Waals surface area contributed by atoms with E-state index < -0.39 is 5.97 Å². The highest BCUT2D eigenvalue weighted by Crippen LogP contribution is 2.23. The molecule has 1 rings (SSSR count). The predicted molar refractivity (Wildman–Crippen MR) is 60.9 cm³/mol. The number of carboxylic acids is 1. The van der Waals surface area contributed by atoms with Crippen LogP contribution in [0.3, 0.4) is 0 Å². The van der Waals surface area contributed by atoms with E-state index in [2.05, 4.69) is 18.7 Å². The highest BCUT2D eigenvalue weighted by atomic mass is 16.4. The van der Waals surface area contributed by atoms with Gasteiger partial charge in [0, 0.05) is 12.5 Å².